The van der Waals surface area contributed by atoms with E-state index in [0.717, 1.165) is 0 Å². The molecule has 1 aliphatic rings. The Labute approximate surface area is 83.3 Å². The molecule has 80 valence electrons. The number of aliphatic carboxylic acids is 1. The molecule has 5 heteroatoms. The third-order valence-corrected chi connectivity index (χ3v) is 2.55. The van der Waals surface area contributed by atoms with Crippen molar-refractivity contribution in [3.8, 4) is 0 Å². The van der Waals surface area contributed by atoms with Crippen LogP contribution in [-0.4, -0.2) is 60.0 Å². The van der Waals surface area contributed by atoms with Crippen molar-refractivity contribution in [2.75, 3.05) is 33.2 Å². The van der Waals surface area contributed by atoms with Crippen molar-refractivity contribution in [1.82, 2.24) is 9.80 Å². The number of likely N-dealkylation sites (N-methyl/N-ethyl adjacent to an activating group) is 2. The van der Waals surface area contributed by atoms with Crippen molar-refractivity contribution in [2.45, 2.75) is 6.92 Å². The van der Waals surface area contributed by atoms with Gasteiger partial charge in [0.2, 0.25) is 5.91 Å². The molecular formula is C9H16N2O3. The first-order valence-electron chi connectivity index (χ1n) is 4.73. The Morgan fingerprint density at radius 1 is 1.57 bits per heavy atom. The molecule has 0 aromatic carbocycles. The molecule has 0 aromatic rings. The Morgan fingerprint density at radius 2 is 2.21 bits per heavy atom. The average molecular weight is 200 g/mol. The van der Waals surface area contributed by atoms with E-state index in [1.165, 1.54) is 4.90 Å². The molecule has 0 aromatic heterocycles. The Bertz CT molecular complexity index is 242. The summed E-state index contributed by atoms with van der Waals surface area (Å²) in [5.74, 6) is -1.30. The largest absolute Gasteiger partial charge is 0.481 e. The number of rotatable bonds is 2. The molecule has 1 N–H and O–H groups in total. The highest BCUT2D eigenvalue weighted by atomic mass is 16.4. The maximum atomic E-state index is 11.4. The molecule has 0 bridgehead atoms. The maximum absolute atomic E-state index is 11.4. The van der Waals surface area contributed by atoms with Crippen LogP contribution in [0.2, 0.25) is 0 Å². The van der Waals surface area contributed by atoms with Crippen LogP contribution in [0.3, 0.4) is 0 Å². The van der Waals surface area contributed by atoms with Crippen molar-refractivity contribution in [2.24, 2.45) is 5.92 Å². The Balaban J connectivity index is 2.73. The monoisotopic (exact) mass is 200 g/mol. The number of carboxylic acid groups (broad SMARTS) is 1. The first kappa shape index (κ1) is 11.0. The van der Waals surface area contributed by atoms with Gasteiger partial charge in [0, 0.05) is 20.1 Å². The minimum Gasteiger partial charge on any atom is -0.481 e. The molecule has 0 saturated carbocycles. The minimum absolute atomic E-state index is 0.00407. The van der Waals surface area contributed by atoms with E-state index in [1.54, 1.807) is 7.05 Å². The standard InChI is InChI=1S/C9H16N2O3/c1-3-11-5-7(9(13)14)4-10(2)8(12)6-11/h7H,3-6H2,1-2H3,(H,13,14). The molecule has 0 spiro atoms. The molecule has 1 unspecified atom stereocenters. The van der Waals surface area contributed by atoms with E-state index in [2.05, 4.69) is 0 Å². The van der Waals surface area contributed by atoms with Crippen LogP contribution in [0.1, 0.15) is 6.92 Å². The van der Waals surface area contributed by atoms with E-state index >= 15 is 0 Å². The Morgan fingerprint density at radius 3 is 2.71 bits per heavy atom. The van der Waals surface area contributed by atoms with E-state index in [4.69, 9.17) is 5.11 Å². The Hall–Kier alpha value is -1.10. The molecule has 0 radical (unpaired) electrons. The summed E-state index contributed by atoms with van der Waals surface area (Å²) in [5, 5.41) is 8.92. The van der Waals surface area contributed by atoms with Gasteiger partial charge in [-0.3, -0.25) is 14.5 Å². The zero-order valence-corrected chi connectivity index (χ0v) is 8.56. The molecule has 1 aliphatic heterocycles. The lowest BCUT2D eigenvalue weighted by Gasteiger charge is -2.18. The van der Waals surface area contributed by atoms with Gasteiger partial charge in [-0.1, -0.05) is 6.92 Å². The van der Waals surface area contributed by atoms with Crippen molar-refractivity contribution in [1.29, 1.82) is 0 Å². The molecule has 1 saturated heterocycles. The van der Waals surface area contributed by atoms with Crippen LogP contribution in [0.25, 0.3) is 0 Å². The van der Waals surface area contributed by atoms with Crippen LogP contribution in [0.5, 0.6) is 0 Å². The van der Waals surface area contributed by atoms with Crippen molar-refractivity contribution >= 4 is 11.9 Å². The second-order valence-electron chi connectivity index (χ2n) is 3.64. The number of carbonyl (C=O) groups excluding carboxylic acids is 1. The molecule has 1 rings (SSSR count). The summed E-state index contributed by atoms with van der Waals surface area (Å²) in [6.45, 7) is 3.74. The van der Waals surface area contributed by atoms with Crippen LogP contribution >= 0.6 is 0 Å². The third kappa shape index (κ3) is 2.45. The van der Waals surface area contributed by atoms with E-state index in [9.17, 15) is 9.59 Å². The lowest BCUT2D eigenvalue weighted by Crippen LogP contribution is -2.34. The van der Waals surface area contributed by atoms with Crippen molar-refractivity contribution in [3.05, 3.63) is 0 Å². The van der Waals surface area contributed by atoms with Gasteiger partial charge in [0.15, 0.2) is 0 Å². The topological polar surface area (TPSA) is 60.9 Å². The SMILES string of the molecule is CCN1CC(=O)N(C)CC(C(=O)O)C1. The quantitative estimate of drug-likeness (QED) is 0.651. The average Bonchev–Trinajstić information content (AvgIpc) is 2.27. The normalized spacial score (nSPS) is 24.9. The lowest BCUT2D eigenvalue weighted by molar-refractivity contribution is -0.142. The fraction of sp³-hybridized carbons (Fsp3) is 0.778. The molecule has 1 atom stereocenters. The molecule has 0 aliphatic carbocycles. The van der Waals surface area contributed by atoms with E-state index in [1.807, 2.05) is 11.8 Å². The summed E-state index contributed by atoms with van der Waals surface area (Å²) < 4.78 is 0. The van der Waals surface area contributed by atoms with E-state index in [-0.39, 0.29) is 5.91 Å². The number of hydrogen-bond donors (Lipinski definition) is 1. The van der Waals surface area contributed by atoms with Crippen LogP contribution in [0.4, 0.5) is 0 Å². The van der Waals surface area contributed by atoms with Gasteiger partial charge < -0.3 is 10.0 Å². The van der Waals surface area contributed by atoms with E-state index < -0.39 is 11.9 Å². The molecular weight excluding hydrogens is 184 g/mol. The predicted octanol–water partition coefficient (Wildman–Crippen LogP) is -0.519. The first-order valence-corrected chi connectivity index (χ1v) is 4.73. The Kier molecular flexibility index (Phi) is 3.46. The fourth-order valence-corrected chi connectivity index (χ4v) is 1.58. The molecule has 14 heavy (non-hydrogen) atoms. The van der Waals surface area contributed by atoms with Gasteiger partial charge in [-0.25, -0.2) is 0 Å². The van der Waals surface area contributed by atoms with Gasteiger partial charge in [0.1, 0.15) is 0 Å². The third-order valence-electron chi connectivity index (χ3n) is 2.55. The number of hydrogen-bond acceptors (Lipinski definition) is 3. The van der Waals surface area contributed by atoms with Crippen molar-refractivity contribution < 1.29 is 14.7 Å². The van der Waals surface area contributed by atoms with Crippen LogP contribution in [0.15, 0.2) is 0 Å². The minimum atomic E-state index is -0.829. The molecule has 5 nitrogen and oxygen atoms in total. The number of amides is 1. The fourth-order valence-electron chi connectivity index (χ4n) is 1.58. The summed E-state index contributed by atoms with van der Waals surface area (Å²) >= 11 is 0. The summed E-state index contributed by atoms with van der Waals surface area (Å²) in [4.78, 5) is 25.7. The van der Waals surface area contributed by atoms with Gasteiger partial charge in [-0.05, 0) is 6.54 Å². The zero-order valence-electron chi connectivity index (χ0n) is 8.56. The van der Waals surface area contributed by atoms with Gasteiger partial charge in [-0.15, -0.1) is 0 Å². The maximum Gasteiger partial charge on any atom is 0.309 e. The molecule has 1 heterocycles. The summed E-state index contributed by atoms with van der Waals surface area (Å²) in [5.41, 5.74) is 0. The van der Waals surface area contributed by atoms with E-state index in [0.29, 0.717) is 26.2 Å². The lowest BCUT2D eigenvalue weighted by atomic mass is 10.1. The zero-order chi connectivity index (χ0) is 10.7. The predicted molar refractivity (Wildman–Crippen MR) is 50.9 cm³/mol. The number of carboxylic acids is 1. The van der Waals surface area contributed by atoms with Gasteiger partial charge in [0.05, 0.1) is 12.5 Å². The highest BCUT2D eigenvalue weighted by molar-refractivity contribution is 5.80. The summed E-state index contributed by atoms with van der Waals surface area (Å²) in [7, 11) is 1.65. The van der Waals surface area contributed by atoms with Crippen LogP contribution < -0.4 is 0 Å². The number of carbonyl (C=O) groups is 2. The highest BCUT2D eigenvalue weighted by Crippen LogP contribution is 2.09. The summed E-state index contributed by atoms with van der Waals surface area (Å²) in [6.07, 6.45) is 0. The highest BCUT2D eigenvalue weighted by Gasteiger charge is 2.28. The first-order chi connectivity index (χ1) is 6.54. The number of nitrogens with zero attached hydrogens (tertiary/aromatic N) is 2. The van der Waals surface area contributed by atoms with Crippen molar-refractivity contribution in [3.63, 3.8) is 0 Å². The second-order valence-corrected chi connectivity index (χ2v) is 3.64. The van der Waals surface area contributed by atoms with Gasteiger partial charge in [0.25, 0.3) is 0 Å². The summed E-state index contributed by atoms with van der Waals surface area (Å²) in [6, 6.07) is 0. The molecule has 1 fully saturated rings. The van der Waals surface area contributed by atoms with Crippen LogP contribution in [0, 0.1) is 5.92 Å². The van der Waals surface area contributed by atoms with Gasteiger partial charge in [-0.2, -0.15) is 0 Å². The second kappa shape index (κ2) is 4.41. The van der Waals surface area contributed by atoms with Crippen LogP contribution in [-0.2, 0) is 9.59 Å². The molecule has 1 amide bonds. The smallest absolute Gasteiger partial charge is 0.309 e. The van der Waals surface area contributed by atoms with Gasteiger partial charge >= 0.3 is 5.97 Å².